The molecule has 1 aromatic carbocycles. The smallest absolute Gasteiger partial charge is 0.338 e. The molecule has 18 heteroatoms. The number of nitrogens with zero attached hydrogens (tertiary/aromatic N) is 3. The van der Waals surface area contributed by atoms with Crippen LogP contribution in [0.15, 0.2) is 28.7 Å². The average molecular weight is 636 g/mol. The van der Waals surface area contributed by atoms with E-state index in [-0.39, 0.29) is 33.6 Å². The Kier molecular flexibility index (Phi) is 8.90. The number of nitrogen functional groups attached to an aromatic ring is 1. The Hall–Kier alpha value is -4.71. The summed E-state index contributed by atoms with van der Waals surface area (Å²) in [6.45, 7) is 3.33. The molecule has 0 aliphatic carbocycles. The number of β-lactam (4-membered cyclic amide) rings is 1. The highest BCUT2D eigenvalue weighted by Crippen LogP contribution is 2.51. The number of nitrogens with two attached hydrogens (primary N) is 1. The molecule has 2 saturated heterocycles. The number of rotatable bonds is 10. The second-order valence-electron chi connectivity index (χ2n) is 9.38. The first-order valence-corrected chi connectivity index (χ1v) is 14.1. The van der Waals surface area contributed by atoms with Crippen LogP contribution in [0.2, 0.25) is 0 Å². The van der Waals surface area contributed by atoms with E-state index in [2.05, 4.69) is 15.5 Å². The number of thioether (sulfide) groups is 1. The fourth-order valence-corrected chi connectivity index (χ4v) is 6.68. The fraction of sp³-hybridized carbons (Fsp3) is 0.360. The summed E-state index contributed by atoms with van der Waals surface area (Å²) in [5.41, 5.74) is 5.45. The van der Waals surface area contributed by atoms with E-state index in [1.165, 1.54) is 31.5 Å². The molecule has 3 heterocycles. The number of carbonyl (C=O) groups excluding carboxylic acids is 5. The summed E-state index contributed by atoms with van der Waals surface area (Å²) in [5.74, 6) is -5.41. The van der Waals surface area contributed by atoms with Gasteiger partial charge in [-0.3, -0.25) is 19.2 Å². The van der Waals surface area contributed by atoms with Crippen molar-refractivity contribution in [1.29, 1.82) is 0 Å². The van der Waals surface area contributed by atoms with Gasteiger partial charge in [-0.25, -0.2) is 14.6 Å². The van der Waals surface area contributed by atoms with Crippen LogP contribution in [0.1, 0.15) is 36.8 Å². The Balaban J connectivity index is 1.49. The number of oxime groups is 1. The van der Waals surface area contributed by atoms with Gasteiger partial charge in [-0.2, -0.15) is 0 Å². The van der Waals surface area contributed by atoms with Crippen molar-refractivity contribution in [1.82, 2.24) is 15.2 Å². The molecule has 4 rings (SSSR count). The molecule has 2 amide bonds. The van der Waals surface area contributed by atoms with Gasteiger partial charge in [-0.1, -0.05) is 5.16 Å². The highest BCUT2D eigenvalue weighted by molar-refractivity contribution is 8.01. The lowest BCUT2D eigenvalue weighted by atomic mass is 9.95. The Morgan fingerprint density at radius 3 is 2.42 bits per heavy atom. The first kappa shape index (κ1) is 31.2. The van der Waals surface area contributed by atoms with Crippen molar-refractivity contribution in [2.24, 2.45) is 5.16 Å². The van der Waals surface area contributed by atoms with Gasteiger partial charge in [0.2, 0.25) is 5.91 Å². The maximum absolute atomic E-state index is 13.0. The number of fused-ring (bicyclic) bond motifs is 1. The van der Waals surface area contributed by atoms with E-state index in [4.69, 9.17) is 24.8 Å². The van der Waals surface area contributed by atoms with Gasteiger partial charge in [-0.15, -0.1) is 23.1 Å². The molecule has 0 unspecified atom stereocenters. The third kappa shape index (κ3) is 6.38. The zero-order valence-electron chi connectivity index (χ0n) is 23.0. The maximum Gasteiger partial charge on any atom is 0.338 e. The molecule has 4 atom stereocenters. The number of thiazole rings is 1. The molecule has 2 fully saturated rings. The first-order valence-electron chi connectivity index (χ1n) is 12.3. The molecule has 2 aliphatic rings. The van der Waals surface area contributed by atoms with E-state index < -0.39 is 64.5 Å². The largest absolute Gasteiger partial charge is 0.480 e. The monoisotopic (exact) mass is 635 g/mol. The molecule has 2 aromatic rings. The molecule has 0 saturated carbocycles. The van der Waals surface area contributed by atoms with Crippen molar-refractivity contribution in [3.05, 3.63) is 34.8 Å². The Labute approximate surface area is 251 Å². The van der Waals surface area contributed by atoms with Crippen molar-refractivity contribution in [3.63, 3.8) is 0 Å². The quantitative estimate of drug-likeness (QED) is 0.106. The second-order valence-corrected chi connectivity index (χ2v) is 11.9. The van der Waals surface area contributed by atoms with E-state index in [0.29, 0.717) is 0 Å². The van der Waals surface area contributed by atoms with Crippen LogP contribution in [-0.4, -0.2) is 92.3 Å². The van der Waals surface area contributed by atoms with E-state index in [9.17, 15) is 33.9 Å². The highest BCUT2D eigenvalue weighted by atomic mass is 32.2. The zero-order chi connectivity index (χ0) is 31.6. The van der Waals surface area contributed by atoms with Crippen molar-refractivity contribution < 1.29 is 52.9 Å². The third-order valence-electron chi connectivity index (χ3n) is 6.19. The molecule has 0 spiro atoms. The van der Waals surface area contributed by atoms with Crippen LogP contribution in [0, 0.1) is 0 Å². The van der Waals surface area contributed by atoms with Crippen LogP contribution in [0.25, 0.3) is 0 Å². The number of aromatic nitrogens is 1. The Morgan fingerprint density at radius 1 is 1.16 bits per heavy atom. The number of anilines is 1. The number of amides is 2. The summed E-state index contributed by atoms with van der Waals surface area (Å²) < 4.78 is 14.1. The summed E-state index contributed by atoms with van der Waals surface area (Å²) in [5, 5.41) is 17.1. The summed E-state index contributed by atoms with van der Waals surface area (Å²) in [6, 6.07) is 1.13. The van der Waals surface area contributed by atoms with Crippen LogP contribution < -0.4 is 20.5 Å². The number of hydrogen-bond donors (Lipinski definition) is 3. The van der Waals surface area contributed by atoms with E-state index in [0.717, 1.165) is 47.9 Å². The lowest BCUT2D eigenvalue weighted by Gasteiger charge is -2.43. The number of carboxylic acid groups (broad SMARTS) is 1. The molecule has 0 bridgehead atoms. The molecule has 0 radical (unpaired) electrons. The van der Waals surface area contributed by atoms with Gasteiger partial charge in [0.25, 0.3) is 5.91 Å². The van der Waals surface area contributed by atoms with Gasteiger partial charge in [0.15, 0.2) is 22.3 Å². The SMILES string of the molecule is CO/N=C(\C(=O)N[C@@H]1C(=O)N2[C@@H]1S[C@@](C)(COC(=O)c1ccc(OC(C)=O)c(OC(C)=O)c1)[C@@H]2C(=O)O)c1csc(N)n1. The molecular formula is C25H25N5O11S2. The predicted molar refractivity (Wildman–Crippen MR) is 149 cm³/mol. The van der Waals surface area contributed by atoms with Crippen LogP contribution in [0.4, 0.5) is 5.13 Å². The molecule has 4 N–H and O–H groups in total. The number of ether oxygens (including phenoxy) is 3. The highest BCUT2D eigenvalue weighted by Gasteiger charge is 2.66. The van der Waals surface area contributed by atoms with Crippen LogP contribution in [-0.2, 0) is 33.5 Å². The van der Waals surface area contributed by atoms with E-state index >= 15 is 0 Å². The van der Waals surface area contributed by atoms with E-state index in [1.54, 1.807) is 0 Å². The van der Waals surface area contributed by atoms with Crippen LogP contribution >= 0.6 is 23.1 Å². The second kappa shape index (κ2) is 12.3. The predicted octanol–water partition coefficient (Wildman–Crippen LogP) is 0.395. The minimum absolute atomic E-state index is 0.0808. The summed E-state index contributed by atoms with van der Waals surface area (Å²) in [6.07, 6.45) is 0. The molecule has 43 heavy (non-hydrogen) atoms. The first-order chi connectivity index (χ1) is 20.2. The fourth-order valence-electron chi connectivity index (χ4n) is 4.45. The topological polar surface area (TPSA) is 226 Å². The summed E-state index contributed by atoms with van der Waals surface area (Å²) >= 11 is 2.11. The number of carbonyl (C=O) groups is 6. The van der Waals surface area contributed by atoms with Crippen LogP contribution in [0.3, 0.4) is 0 Å². The number of benzene rings is 1. The zero-order valence-corrected chi connectivity index (χ0v) is 24.6. The van der Waals surface area contributed by atoms with Crippen molar-refractivity contribution in [3.8, 4) is 11.5 Å². The van der Waals surface area contributed by atoms with Crippen molar-refractivity contribution in [2.45, 2.75) is 43.0 Å². The molecule has 1 aromatic heterocycles. The molecule has 2 aliphatic heterocycles. The summed E-state index contributed by atoms with van der Waals surface area (Å²) in [4.78, 5) is 83.9. The minimum atomic E-state index is -1.40. The van der Waals surface area contributed by atoms with E-state index in [1.807, 2.05) is 0 Å². The van der Waals surface area contributed by atoms with Crippen molar-refractivity contribution in [2.75, 3.05) is 19.5 Å². The maximum atomic E-state index is 13.0. The van der Waals surface area contributed by atoms with Crippen molar-refractivity contribution >= 4 is 69.6 Å². The third-order valence-corrected chi connectivity index (χ3v) is 8.48. The molecular weight excluding hydrogens is 610 g/mol. The number of hydrogen-bond acceptors (Lipinski definition) is 15. The summed E-state index contributed by atoms with van der Waals surface area (Å²) in [7, 11) is 1.22. The lowest BCUT2D eigenvalue weighted by molar-refractivity contribution is -0.161. The number of nitrogens with one attached hydrogen (secondary N) is 1. The van der Waals surface area contributed by atoms with Gasteiger partial charge < -0.3 is 40.1 Å². The minimum Gasteiger partial charge on any atom is -0.480 e. The number of carboxylic acids is 1. The Morgan fingerprint density at radius 2 is 1.84 bits per heavy atom. The molecule has 16 nitrogen and oxygen atoms in total. The Bertz CT molecular complexity index is 1540. The van der Waals surface area contributed by atoms with Gasteiger partial charge in [0, 0.05) is 19.2 Å². The number of aliphatic carboxylic acids is 1. The van der Waals surface area contributed by atoms with Gasteiger partial charge >= 0.3 is 23.9 Å². The van der Waals surface area contributed by atoms with Gasteiger partial charge in [-0.05, 0) is 25.1 Å². The van der Waals surface area contributed by atoms with Gasteiger partial charge in [0.05, 0.1) is 10.3 Å². The average Bonchev–Trinajstić information content (AvgIpc) is 3.48. The van der Waals surface area contributed by atoms with Gasteiger partial charge in [0.1, 0.15) is 36.9 Å². The standard InChI is InChI=1S/C25H25N5O11S2/c1-10(31)40-14-6-5-12(7-15(14)41-11(2)32)23(37)39-9-25(3)18(22(35)36)30-20(34)17(21(30)43-25)28-19(33)16(29-38-4)13-8-42-24(26)27-13/h5-8,17-18,21H,9H2,1-4H3,(H2,26,27)(H,28,33)(H,35,36)/b29-16-/t17-,18+,21-,25+/m1/s1. The normalized spacial score (nSPS) is 22.6. The van der Waals surface area contributed by atoms with Crippen LogP contribution in [0.5, 0.6) is 11.5 Å². The number of esters is 3. The molecule has 228 valence electrons. The lowest BCUT2D eigenvalue weighted by Crippen LogP contribution is -2.71.